The van der Waals surface area contributed by atoms with Crippen LogP contribution in [-0.4, -0.2) is 61.7 Å². The third-order valence-corrected chi connectivity index (χ3v) is 3.81. The fourth-order valence-electron chi connectivity index (χ4n) is 2.20. The summed E-state index contributed by atoms with van der Waals surface area (Å²) in [7, 11) is 1.34. The van der Waals surface area contributed by atoms with E-state index in [1.807, 2.05) is 27.7 Å². The van der Waals surface area contributed by atoms with Crippen molar-refractivity contribution < 1.29 is 54.9 Å². The quantitative estimate of drug-likeness (QED) is 0.188. The van der Waals surface area contributed by atoms with Gasteiger partial charge in [-0.25, -0.2) is 0 Å². The molecule has 0 unspecified atom stereocenters. The molecule has 0 aliphatic rings. The molecule has 3 aromatic carbocycles. The van der Waals surface area contributed by atoms with Crippen molar-refractivity contribution in [2.24, 2.45) is 0 Å². The minimum Gasteiger partial charge on any atom is -0.508 e. The molecule has 0 aliphatic heterocycles. The maximum atomic E-state index is 10.3. The number of hydrogen-bond donors (Lipinski definition) is 7. The van der Waals surface area contributed by atoms with E-state index in [1.54, 1.807) is 0 Å². The zero-order valence-electron chi connectivity index (χ0n) is 21.0. The predicted octanol–water partition coefficient (Wildman–Crippen LogP) is 4.50. The number of carbonyl (C=O) groups excluding carboxylic acids is 3. The van der Waals surface area contributed by atoms with Gasteiger partial charge in [0.1, 0.15) is 35.0 Å². The summed E-state index contributed by atoms with van der Waals surface area (Å²) in [5, 5.41) is 62.5. The number of ether oxygens (including phenoxy) is 1. The summed E-state index contributed by atoms with van der Waals surface area (Å²) in [6.07, 6.45) is 1.39. The fraction of sp³-hybridized carbons (Fsp3) is 0.192. The zero-order valence-corrected chi connectivity index (χ0v) is 21.0. The lowest BCUT2D eigenvalue weighted by Gasteiger charge is -2.04. The Labute approximate surface area is 214 Å². The summed E-state index contributed by atoms with van der Waals surface area (Å²) in [5.74, 6) is -2.05. The molecule has 0 heterocycles. The SMILES string of the molecule is CC.CC.COc1cc(C=O)cc(O)c1O.O=Cc1c(O)cc(O)cc1O.O=Cc1ccc(O)cc1O. The first-order valence-electron chi connectivity index (χ1n) is 10.8. The molecule has 0 bridgehead atoms. The lowest BCUT2D eigenvalue weighted by atomic mass is 10.2. The van der Waals surface area contributed by atoms with Gasteiger partial charge in [-0.05, 0) is 24.3 Å². The van der Waals surface area contributed by atoms with Crippen LogP contribution in [0.2, 0.25) is 0 Å². The molecule has 0 spiro atoms. The number of aromatic hydroxyl groups is 7. The van der Waals surface area contributed by atoms with Crippen molar-refractivity contribution >= 4 is 18.9 Å². The van der Waals surface area contributed by atoms with Gasteiger partial charge in [0.25, 0.3) is 0 Å². The highest BCUT2D eigenvalue weighted by molar-refractivity contribution is 5.83. The average molecular weight is 521 g/mol. The molecule has 0 saturated carbocycles. The van der Waals surface area contributed by atoms with Gasteiger partial charge in [0.05, 0.1) is 18.2 Å². The van der Waals surface area contributed by atoms with Crippen molar-refractivity contribution in [1.29, 1.82) is 0 Å². The summed E-state index contributed by atoms with van der Waals surface area (Å²) < 4.78 is 4.70. The molecule has 0 saturated heterocycles. The Bertz CT molecular complexity index is 1120. The Morgan fingerprint density at radius 2 is 1.11 bits per heavy atom. The third-order valence-electron chi connectivity index (χ3n) is 3.81. The van der Waals surface area contributed by atoms with E-state index in [0.717, 1.165) is 24.3 Å². The predicted molar refractivity (Wildman–Crippen MR) is 136 cm³/mol. The normalized spacial score (nSPS) is 8.68. The van der Waals surface area contributed by atoms with Gasteiger partial charge in [0, 0.05) is 23.8 Å². The van der Waals surface area contributed by atoms with Crippen LogP contribution in [0, 0.1) is 0 Å². The number of phenolic OH excluding ortho intramolecular Hbond substituents is 7. The fourth-order valence-corrected chi connectivity index (χ4v) is 2.20. The van der Waals surface area contributed by atoms with E-state index in [0.29, 0.717) is 18.9 Å². The Kier molecular flexibility index (Phi) is 17.0. The topological polar surface area (TPSA) is 202 Å². The van der Waals surface area contributed by atoms with Crippen LogP contribution in [-0.2, 0) is 0 Å². The third kappa shape index (κ3) is 11.4. The van der Waals surface area contributed by atoms with Crippen molar-refractivity contribution in [3.63, 3.8) is 0 Å². The van der Waals surface area contributed by atoms with Gasteiger partial charge in [-0.15, -0.1) is 0 Å². The number of phenols is 7. The van der Waals surface area contributed by atoms with E-state index >= 15 is 0 Å². The van der Waals surface area contributed by atoms with E-state index in [1.165, 1.54) is 25.3 Å². The van der Waals surface area contributed by atoms with Crippen molar-refractivity contribution in [2.75, 3.05) is 7.11 Å². The summed E-state index contributed by atoms with van der Waals surface area (Å²) >= 11 is 0. The minimum atomic E-state index is -0.433. The maximum absolute atomic E-state index is 10.3. The van der Waals surface area contributed by atoms with Gasteiger partial charge in [-0.2, -0.15) is 0 Å². The van der Waals surface area contributed by atoms with Gasteiger partial charge in [0.2, 0.25) is 5.75 Å². The molecule has 0 amide bonds. The number of methoxy groups -OCH3 is 1. The molecule has 0 radical (unpaired) electrons. The number of aldehydes is 3. The average Bonchev–Trinajstić information content (AvgIpc) is 2.88. The largest absolute Gasteiger partial charge is 0.508 e. The van der Waals surface area contributed by atoms with E-state index in [2.05, 4.69) is 0 Å². The second-order valence-corrected chi connectivity index (χ2v) is 6.09. The molecule has 11 nitrogen and oxygen atoms in total. The summed E-state index contributed by atoms with van der Waals surface area (Å²) in [4.78, 5) is 30.5. The minimum absolute atomic E-state index is 0.0527. The van der Waals surface area contributed by atoms with Crippen molar-refractivity contribution in [2.45, 2.75) is 27.7 Å². The van der Waals surface area contributed by atoms with Crippen LogP contribution in [0.5, 0.6) is 46.0 Å². The summed E-state index contributed by atoms with van der Waals surface area (Å²) in [6.45, 7) is 8.00. The molecule has 0 atom stereocenters. The lowest BCUT2D eigenvalue weighted by molar-refractivity contribution is 0.111. The van der Waals surface area contributed by atoms with E-state index in [9.17, 15) is 14.4 Å². The standard InChI is InChI=1S/C8H8O4.C7H6O4.C7H6O3.2C2H6/c1-12-7-3-5(4-9)2-6(10)8(7)11;8-3-5-6(10)1-4(9)2-7(5)11;8-4-5-1-2-6(9)3-7(5)10;2*1-2/h2-4,10-11H,1H3;1-3,9-11H;1-4,9-10H;2*1-2H3. The zero-order chi connectivity index (χ0) is 29.1. The van der Waals surface area contributed by atoms with Gasteiger partial charge in [-0.3, -0.25) is 14.4 Å². The van der Waals surface area contributed by atoms with Crippen LogP contribution in [0.3, 0.4) is 0 Å². The van der Waals surface area contributed by atoms with Gasteiger partial charge < -0.3 is 40.5 Å². The van der Waals surface area contributed by atoms with E-state index in [4.69, 9.17) is 40.5 Å². The second-order valence-electron chi connectivity index (χ2n) is 6.09. The van der Waals surface area contributed by atoms with Crippen LogP contribution < -0.4 is 4.74 Å². The van der Waals surface area contributed by atoms with Crippen molar-refractivity contribution in [3.8, 4) is 46.0 Å². The Morgan fingerprint density at radius 1 is 0.595 bits per heavy atom. The first kappa shape index (κ1) is 34.2. The molecule has 202 valence electrons. The van der Waals surface area contributed by atoms with Gasteiger partial charge in [0.15, 0.2) is 24.1 Å². The molecular formula is C26H32O11. The first-order chi connectivity index (χ1) is 17.6. The molecule has 11 heteroatoms. The second kappa shape index (κ2) is 18.4. The number of carbonyl (C=O) groups is 3. The summed E-state index contributed by atoms with van der Waals surface area (Å²) in [5.41, 5.74) is 0.211. The highest BCUT2D eigenvalue weighted by Gasteiger charge is 2.09. The van der Waals surface area contributed by atoms with Crippen LogP contribution in [0.25, 0.3) is 0 Å². The molecule has 3 aromatic rings. The van der Waals surface area contributed by atoms with Crippen molar-refractivity contribution in [3.05, 3.63) is 59.2 Å². The maximum Gasteiger partial charge on any atom is 0.200 e. The first-order valence-corrected chi connectivity index (χ1v) is 10.8. The van der Waals surface area contributed by atoms with Crippen LogP contribution in [0.15, 0.2) is 42.5 Å². The van der Waals surface area contributed by atoms with Crippen LogP contribution in [0.1, 0.15) is 58.8 Å². The highest BCUT2D eigenvalue weighted by atomic mass is 16.5. The Morgan fingerprint density at radius 3 is 1.51 bits per heavy atom. The number of hydrogen-bond acceptors (Lipinski definition) is 11. The van der Waals surface area contributed by atoms with Crippen LogP contribution >= 0.6 is 0 Å². The summed E-state index contributed by atoms with van der Waals surface area (Å²) in [6, 6.07) is 8.24. The van der Waals surface area contributed by atoms with Gasteiger partial charge >= 0.3 is 0 Å². The van der Waals surface area contributed by atoms with Crippen LogP contribution in [0.4, 0.5) is 0 Å². The van der Waals surface area contributed by atoms with Gasteiger partial charge in [-0.1, -0.05) is 27.7 Å². The smallest absolute Gasteiger partial charge is 0.200 e. The lowest BCUT2D eigenvalue weighted by Crippen LogP contribution is -1.87. The van der Waals surface area contributed by atoms with E-state index < -0.39 is 11.5 Å². The Balaban J connectivity index is 0. The molecule has 37 heavy (non-hydrogen) atoms. The molecule has 0 aliphatic carbocycles. The number of benzene rings is 3. The molecule has 0 fully saturated rings. The highest BCUT2D eigenvalue weighted by Crippen LogP contribution is 2.35. The number of rotatable bonds is 4. The monoisotopic (exact) mass is 520 g/mol. The Hall–Kier alpha value is -4.93. The molecule has 7 N–H and O–H groups in total. The van der Waals surface area contributed by atoms with Crippen molar-refractivity contribution in [1.82, 2.24) is 0 Å². The van der Waals surface area contributed by atoms with E-state index in [-0.39, 0.29) is 51.2 Å². The molecule has 0 aromatic heterocycles. The molecular weight excluding hydrogens is 488 g/mol. The molecule has 3 rings (SSSR count).